The molecule has 1 fully saturated rings. The zero-order valence-electron chi connectivity index (χ0n) is 11.9. The number of carbonyl (C=O) groups is 1. The Morgan fingerprint density at radius 3 is 2.55 bits per heavy atom. The van der Waals surface area contributed by atoms with Crippen LogP contribution >= 0.6 is 11.8 Å². The Morgan fingerprint density at radius 2 is 1.82 bits per heavy atom. The van der Waals surface area contributed by atoms with Crippen LogP contribution in [0.3, 0.4) is 0 Å². The summed E-state index contributed by atoms with van der Waals surface area (Å²) in [6.07, 6.45) is 0.922. The van der Waals surface area contributed by atoms with Crippen LogP contribution in [0, 0.1) is 5.82 Å². The average Bonchev–Trinajstić information content (AvgIpc) is 2.56. The number of halogens is 1. The second-order valence-electron chi connectivity index (χ2n) is 4.90. The van der Waals surface area contributed by atoms with Gasteiger partial charge in [0.05, 0.1) is 5.69 Å². The smallest absolute Gasteiger partial charge is 0.259 e. The van der Waals surface area contributed by atoms with Crippen molar-refractivity contribution in [3.8, 4) is 0 Å². The number of rotatable bonds is 2. The van der Waals surface area contributed by atoms with Crippen LogP contribution in [0.4, 0.5) is 10.1 Å². The summed E-state index contributed by atoms with van der Waals surface area (Å²) in [5.74, 6) is 0.461. The maximum atomic E-state index is 13.0. The van der Waals surface area contributed by atoms with E-state index in [-0.39, 0.29) is 11.7 Å². The van der Waals surface area contributed by atoms with E-state index in [1.165, 1.54) is 24.3 Å². The van der Waals surface area contributed by atoms with Crippen molar-refractivity contribution in [2.24, 2.45) is 4.99 Å². The Balaban J connectivity index is 1.88. The molecule has 0 aromatic heterocycles. The van der Waals surface area contributed by atoms with Crippen molar-refractivity contribution in [3.63, 3.8) is 0 Å². The normalized spacial score (nSPS) is 16.8. The first kappa shape index (κ1) is 14.8. The van der Waals surface area contributed by atoms with Gasteiger partial charge in [-0.15, -0.1) is 0 Å². The molecular weight excluding hydrogens is 299 g/mol. The summed E-state index contributed by atoms with van der Waals surface area (Å²) in [6, 6.07) is 15.2. The third kappa shape index (κ3) is 3.36. The molecule has 0 aliphatic carbocycles. The van der Waals surface area contributed by atoms with Gasteiger partial charge in [0.2, 0.25) is 0 Å². The fourth-order valence-corrected chi connectivity index (χ4v) is 3.16. The third-order valence-corrected chi connectivity index (χ3v) is 4.37. The molecule has 3 nitrogen and oxygen atoms in total. The highest BCUT2D eigenvalue weighted by Gasteiger charge is 2.24. The topological polar surface area (TPSA) is 32.7 Å². The molecule has 0 bridgehead atoms. The predicted octanol–water partition coefficient (Wildman–Crippen LogP) is 4.09. The van der Waals surface area contributed by atoms with Crippen molar-refractivity contribution >= 4 is 28.5 Å². The van der Waals surface area contributed by atoms with Crippen LogP contribution in [0.1, 0.15) is 16.8 Å². The van der Waals surface area contributed by atoms with Gasteiger partial charge in [0.25, 0.3) is 5.91 Å². The number of benzene rings is 2. The molecule has 3 rings (SSSR count). The first-order valence-electron chi connectivity index (χ1n) is 7.08. The van der Waals surface area contributed by atoms with Gasteiger partial charge in [-0.25, -0.2) is 9.38 Å². The van der Waals surface area contributed by atoms with Gasteiger partial charge in [-0.2, -0.15) is 0 Å². The Hall–Kier alpha value is -2.14. The molecule has 1 saturated heterocycles. The van der Waals surface area contributed by atoms with Crippen LogP contribution in [0.5, 0.6) is 0 Å². The zero-order valence-corrected chi connectivity index (χ0v) is 12.7. The van der Waals surface area contributed by atoms with Crippen LogP contribution in [-0.2, 0) is 0 Å². The molecule has 0 spiro atoms. The van der Waals surface area contributed by atoms with Crippen LogP contribution in [0.15, 0.2) is 59.6 Å². The van der Waals surface area contributed by atoms with E-state index in [0.717, 1.165) is 17.9 Å². The van der Waals surface area contributed by atoms with E-state index < -0.39 is 0 Å². The average molecular weight is 314 g/mol. The van der Waals surface area contributed by atoms with Crippen LogP contribution in [0.2, 0.25) is 0 Å². The van der Waals surface area contributed by atoms with E-state index in [9.17, 15) is 9.18 Å². The van der Waals surface area contributed by atoms with Crippen LogP contribution < -0.4 is 0 Å². The van der Waals surface area contributed by atoms with E-state index in [1.54, 1.807) is 16.7 Å². The molecule has 0 unspecified atom stereocenters. The van der Waals surface area contributed by atoms with Crippen molar-refractivity contribution in [2.45, 2.75) is 6.42 Å². The summed E-state index contributed by atoms with van der Waals surface area (Å²) in [4.78, 5) is 18.9. The van der Waals surface area contributed by atoms with Gasteiger partial charge >= 0.3 is 0 Å². The van der Waals surface area contributed by atoms with E-state index in [1.807, 2.05) is 30.3 Å². The molecule has 5 heteroatoms. The predicted molar refractivity (Wildman–Crippen MR) is 88.0 cm³/mol. The summed E-state index contributed by atoms with van der Waals surface area (Å²) in [7, 11) is 0. The first-order chi connectivity index (χ1) is 10.7. The van der Waals surface area contributed by atoms with Crippen molar-refractivity contribution in [1.29, 1.82) is 0 Å². The number of nitrogens with zero attached hydrogens (tertiary/aromatic N) is 2. The maximum absolute atomic E-state index is 13.0. The second-order valence-corrected chi connectivity index (χ2v) is 5.96. The summed E-state index contributed by atoms with van der Waals surface area (Å²) in [5, 5.41) is 0.701. The number of carbonyl (C=O) groups excluding carboxylic acids is 1. The molecule has 1 heterocycles. The van der Waals surface area contributed by atoms with Gasteiger partial charge in [-0.1, -0.05) is 30.0 Å². The highest BCUT2D eigenvalue weighted by atomic mass is 32.2. The molecular formula is C17H15FN2OS. The van der Waals surface area contributed by atoms with E-state index >= 15 is 0 Å². The van der Waals surface area contributed by atoms with Crippen molar-refractivity contribution in [3.05, 3.63) is 66.0 Å². The SMILES string of the molecule is O=C(c1ccc(F)cc1)N1CCCSC1=Nc1ccccc1. The Kier molecular flexibility index (Phi) is 4.53. The molecule has 22 heavy (non-hydrogen) atoms. The fourth-order valence-electron chi connectivity index (χ4n) is 2.20. The second kappa shape index (κ2) is 6.75. The molecule has 0 saturated carbocycles. The molecule has 0 radical (unpaired) electrons. The molecule has 1 aliphatic heterocycles. The number of thioether (sulfide) groups is 1. The summed E-state index contributed by atoms with van der Waals surface area (Å²) in [6.45, 7) is 0.634. The summed E-state index contributed by atoms with van der Waals surface area (Å²) >= 11 is 1.57. The van der Waals surface area contributed by atoms with Crippen molar-refractivity contribution in [1.82, 2.24) is 4.90 Å². The largest absolute Gasteiger partial charge is 0.287 e. The molecule has 112 valence electrons. The lowest BCUT2D eigenvalue weighted by atomic mass is 10.2. The number of aliphatic imine (C=N–C) groups is 1. The van der Waals surface area contributed by atoms with Crippen molar-refractivity contribution < 1.29 is 9.18 Å². The molecule has 2 aromatic rings. The molecule has 2 aromatic carbocycles. The lowest BCUT2D eigenvalue weighted by Gasteiger charge is -2.27. The number of para-hydroxylation sites is 1. The standard InChI is InChI=1S/C17H15FN2OS/c18-14-9-7-13(8-10-14)16(21)20-11-4-12-22-17(20)19-15-5-2-1-3-6-15/h1-3,5-10H,4,11-12H2. The van der Waals surface area contributed by atoms with Gasteiger partial charge in [0.15, 0.2) is 5.17 Å². The Morgan fingerprint density at radius 1 is 1.09 bits per heavy atom. The quantitative estimate of drug-likeness (QED) is 0.836. The molecule has 1 amide bonds. The molecule has 0 N–H and O–H groups in total. The van der Waals surface area contributed by atoms with Crippen LogP contribution in [-0.4, -0.2) is 28.3 Å². The number of hydrogen-bond donors (Lipinski definition) is 0. The summed E-state index contributed by atoms with van der Waals surface area (Å²) in [5.41, 5.74) is 1.30. The lowest BCUT2D eigenvalue weighted by Crippen LogP contribution is -2.39. The number of hydrogen-bond acceptors (Lipinski definition) is 3. The van der Waals surface area contributed by atoms with E-state index in [2.05, 4.69) is 4.99 Å². The monoisotopic (exact) mass is 314 g/mol. The van der Waals surface area contributed by atoms with Gasteiger partial charge in [-0.3, -0.25) is 9.69 Å². The Bertz CT molecular complexity index is 686. The minimum Gasteiger partial charge on any atom is -0.287 e. The van der Waals surface area contributed by atoms with Crippen molar-refractivity contribution in [2.75, 3.05) is 12.3 Å². The van der Waals surface area contributed by atoms with Gasteiger partial charge in [-0.05, 0) is 42.8 Å². The highest BCUT2D eigenvalue weighted by molar-refractivity contribution is 8.13. The molecule has 1 aliphatic rings. The van der Waals surface area contributed by atoms with E-state index in [4.69, 9.17) is 0 Å². The maximum Gasteiger partial charge on any atom is 0.259 e. The highest BCUT2D eigenvalue weighted by Crippen LogP contribution is 2.23. The van der Waals surface area contributed by atoms with Gasteiger partial charge in [0, 0.05) is 17.9 Å². The zero-order chi connectivity index (χ0) is 15.4. The summed E-state index contributed by atoms with van der Waals surface area (Å²) < 4.78 is 13.0. The molecule has 0 atom stereocenters. The van der Waals surface area contributed by atoms with Gasteiger partial charge < -0.3 is 0 Å². The number of amidine groups is 1. The Labute approximate surface area is 132 Å². The third-order valence-electron chi connectivity index (χ3n) is 3.31. The van der Waals surface area contributed by atoms with Crippen LogP contribution in [0.25, 0.3) is 0 Å². The number of amides is 1. The van der Waals surface area contributed by atoms with E-state index in [0.29, 0.717) is 17.3 Å². The fraction of sp³-hybridized carbons (Fsp3) is 0.176. The minimum absolute atomic E-state index is 0.137. The van der Waals surface area contributed by atoms with Gasteiger partial charge in [0.1, 0.15) is 5.82 Å². The lowest BCUT2D eigenvalue weighted by molar-refractivity contribution is 0.0849. The first-order valence-corrected chi connectivity index (χ1v) is 8.06. The minimum atomic E-state index is -0.345.